The first-order valence-electron chi connectivity index (χ1n) is 13.2. The molecule has 0 bridgehead atoms. The van der Waals surface area contributed by atoms with Crippen molar-refractivity contribution >= 4 is 0 Å². The van der Waals surface area contributed by atoms with Crippen LogP contribution < -0.4 is 10.2 Å². The van der Waals surface area contributed by atoms with Gasteiger partial charge in [-0.2, -0.15) is 0 Å². The fourth-order valence-electron chi connectivity index (χ4n) is 4.30. The van der Waals surface area contributed by atoms with Crippen molar-refractivity contribution in [2.45, 2.75) is 130 Å². The number of nitrogens with zero attached hydrogens (tertiary/aromatic N) is 1. The summed E-state index contributed by atoms with van der Waals surface area (Å²) in [7, 11) is 0. The van der Waals surface area contributed by atoms with Gasteiger partial charge >= 0.3 is 0 Å². The molecule has 1 heterocycles. The normalized spacial score (nSPS) is 11.0. The second-order valence-corrected chi connectivity index (χ2v) is 8.91. The fourth-order valence-corrected chi connectivity index (χ4v) is 4.30. The van der Waals surface area contributed by atoms with Gasteiger partial charge in [-0.05, 0) is 12.8 Å². The zero-order valence-corrected chi connectivity index (χ0v) is 20.6. The average Bonchev–Trinajstić information content (AvgIpc) is 2.78. The van der Waals surface area contributed by atoms with Gasteiger partial charge in [0.15, 0.2) is 5.75 Å². The smallest absolute Gasteiger partial charge is 0.223 e. The van der Waals surface area contributed by atoms with Crippen LogP contribution in [0.1, 0.15) is 122 Å². The zero-order chi connectivity index (χ0) is 22.6. The lowest BCUT2D eigenvalue weighted by Gasteiger charge is -2.16. The van der Waals surface area contributed by atoms with Gasteiger partial charge in [0.2, 0.25) is 5.43 Å². The van der Waals surface area contributed by atoms with Crippen LogP contribution in [0.3, 0.4) is 0 Å². The van der Waals surface area contributed by atoms with Crippen LogP contribution in [0.25, 0.3) is 0 Å². The molecule has 0 aliphatic rings. The first kappa shape index (κ1) is 27.5. The van der Waals surface area contributed by atoms with E-state index in [2.05, 4.69) is 25.0 Å². The minimum Gasteiger partial charge on any atom is -0.484 e. The minimum absolute atomic E-state index is 0.0260. The van der Waals surface area contributed by atoms with E-state index in [1.807, 2.05) is 6.20 Å². The number of hydrogen-bond donors (Lipinski definition) is 0. The lowest BCUT2D eigenvalue weighted by atomic mass is 10.0. The van der Waals surface area contributed by atoms with Crippen LogP contribution in [0.5, 0.6) is 5.75 Å². The van der Waals surface area contributed by atoms with Gasteiger partial charge in [-0.15, -0.1) is 0 Å². The summed E-state index contributed by atoms with van der Waals surface area (Å²) in [5, 5.41) is 0. The Morgan fingerprint density at radius 1 is 0.806 bits per heavy atom. The second-order valence-electron chi connectivity index (χ2n) is 8.91. The van der Waals surface area contributed by atoms with Crippen LogP contribution in [0.15, 0.2) is 29.7 Å². The lowest BCUT2D eigenvalue weighted by Crippen LogP contribution is -2.16. The number of pyridine rings is 1. The Kier molecular flexibility index (Phi) is 17.0. The van der Waals surface area contributed by atoms with Crippen LogP contribution >= 0.6 is 0 Å². The predicted octanol–water partition coefficient (Wildman–Crippen LogP) is 8.24. The highest BCUT2D eigenvalue weighted by Gasteiger charge is 2.10. The molecule has 0 atom stereocenters. The molecule has 0 spiro atoms. The van der Waals surface area contributed by atoms with E-state index in [1.165, 1.54) is 96.3 Å². The van der Waals surface area contributed by atoms with Gasteiger partial charge in [-0.25, -0.2) is 0 Å². The van der Waals surface area contributed by atoms with E-state index in [1.54, 1.807) is 12.1 Å². The van der Waals surface area contributed by atoms with Crippen molar-refractivity contribution < 1.29 is 4.74 Å². The average molecular weight is 432 g/mol. The van der Waals surface area contributed by atoms with Gasteiger partial charge in [0.05, 0.1) is 5.69 Å². The first-order valence-corrected chi connectivity index (χ1v) is 13.2. The van der Waals surface area contributed by atoms with Crippen LogP contribution in [-0.2, 0) is 13.0 Å². The molecule has 0 saturated heterocycles. The van der Waals surface area contributed by atoms with E-state index in [9.17, 15) is 4.79 Å². The van der Waals surface area contributed by atoms with Crippen molar-refractivity contribution in [3.63, 3.8) is 0 Å². The standard InChI is InChI=1S/C28H49NO2/c1-4-7-8-9-10-11-12-13-14-15-16-17-18-19-20-21-23-29-24-22-27(30)28(26(29)6-3)31-25-5-2/h5,22,24H,2,4,6-21,23,25H2,1,3H3. The van der Waals surface area contributed by atoms with Crippen molar-refractivity contribution in [1.29, 1.82) is 0 Å². The molecule has 0 N–H and O–H groups in total. The van der Waals surface area contributed by atoms with E-state index in [4.69, 9.17) is 4.74 Å². The molecule has 1 aromatic rings. The predicted molar refractivity (Wildman–Crippen MR) is 135 cm³/mol. The van der Waals surface area contributed by atoms with Gasteiger partial charge in [0, 0.05) is 18.8 Å². The molecule has 1 rings (SSSR count). The third-order valence-electron chi connectivity index (χ3n) is 6.17. The Morgan fingerprint density at radius 2 is 1.29 bits per heavy atom. The molecule has 3 nitrogen and oxygen atoms in total. The quantitative estimate of drug-likeness (QED) is 0.145. The van der Waals surface area contributed by atoms with Gasteiger partial charge in [-0.3, -0.25) is 4.79 Å². The summed E-state index contributed by atoms with van der Waals surface area (Å²) < 4.78 is 7.83. The van der Waals surface area contributed by atoms with Crippen molar-refractivity contribution in [3.05, 3.63) is 40.8 Å². The van der Waals surface area contributed by atoms with E-state index in [0.29, 0.717) is 12.4 Å². The summed E-state index contributed by atoms with van der Waals surface area (Å²) in [6.45, 7) is 9.39. The van der Waals surface area contributed by atoms with E-state index in [-0.39, 0.29) is 5.43 Å². The summed E-state index contributed by atoms with van der Waals surface area (Å²) in [4.78, 5) is 12.1. The van der Waals surface area contributed by atoms with Crippen molar-refractivity contribution in [1.82, 2.24) is 4.57 Å². The summed E-state index contributed by atoms with van der Waals surface area (Å²) in [6, 6.07) is 1.63. The fraction of sp³-hybridized carbons (Fsp3) is 0.750. The molecular formula is C28H49NO2. The molecule has 0 unspecified atom stereocenters. The molecular weight excluding hydrogens is 382 g/mol. The number of hydrogen-bond acceptors (Lipinski definition) is 2. The highest BCUT2D eigenvalue weighted by molar-refractivity contribution is 5.28. The highest BCUT2D eigenvalue weighted by Crippen LogP contribution is 2.17. The topological polar surface area (TPSA) is 31.2 Å². The number of rotatable bonds is 21. The molecule has 0 saturated carbocycles. The molecule has 0 aliphatic heterocycles. The Labute approximate surface area is 192 Å². The zero-order valence-electron chi connectivity index (χ0n) is 20.6. The van der Waals surface area contributed by atoms with Crippen molar-refractivity contribution in [3.8, 4) is 5.75 Å². The molecule has 0 radical (unpaired) electrons. The Balaban J connectivity index is 2.04. The Morgan fingerprint density at radius 3 is 1.74 bits per heavy atom. The van der Waals surface area contributed by atoms with Crippen LogP contribution in [0.4, 0.5) is 0 Å². The SMILES string of the molecule is C=CCOc1c(CC)n(CCCCCCCCCCCCCCCCCC)ccc1=O. The monoisotopic (exact) mass is 431 g/mol. The van der Waals surface area contributed by atoms with Crippen molar-refractivity contribution in [2.75, 3.05) is 6.61 Å². The third-order valence-corrected chi connectivity index (χ3v) is 6.17. The maximum atomic E-state index is 12.1. The maximum Gasteiger partial charge on any atom is 0.223 e. The molecule has 0 aromatic carbocycles. The van der Waals surface area contributed by atoms with Gasteiger partial charge < -0.3 is 9.30 Å². The highest BCUT2D eigenvalue weighted by atomic mass is 16.5. The Bertz CT molecular complexity index is 620. The number of ether oxygens (including phenoxy) is 1. The summed E-state index contributed by atoms with van der Waals surface area (Å²) in [5.41, 5.74) is 0.984. The van der Waals surface area contributed by atoms with Gasteiger partial charge in [-0.1, -0.05) is 123 Å². The van der Waals surface area contributed by atoms with Crippen LogP contribution in [0.2, 0.25) is 0 Å². The lowest BCUT2D eigenvalue weighted by molar-refractivity contribution is 0.349. The van der Waals surface area contributed by atoms with Crippen LogP contribution in [-0.4, -0.2) is 11.2 Å². The number of aryl methyl sites for hydroxylation is 1. The van der Waals surface area contributed by atoms with E-state index in [0.717, 1.165) is 25.1 Å². The van der Waals surface area contributed by atoms with Crippen molar-refractivity contribution in [2.24, 2.45) is 0 Å². The number of aromatic nitrogens is 1. The minimum atomic E-state index is -0.0260. The van der Waals surface area contributed by atoms with E-state index < -0.39 is 0 Å². The molecule has 1 aromatic heterocycles. The molecule has 3 heteroatoms. The first-order chi connectivity index (χ1) is 15.2. The van der Waals surface area contributed by atoms with Gasteiger partial charge in [0.1, 0.15) is 6.61 Å². The molecule has 0 aliphatic carbocycles. The molecule has 31 heavy (non-hydrogen) atoms. The summed E-state index contributed by atoms with van der Waals surface area (Å²) in [5.74, 6) is 0.501. The largest absolute Gasteiger partial charge is 0.484 e. The van der Waals surface area contributed by atoms with E-state index >= 15 is 0 Å². The second kappa shape index (κ2) is 19.2. The summed E-state index contributed by atoms with van der Waals surface area (Å²) >= 11 is 0. The Hall–Kier alpha value is -1.51. The van der Waals surface area contributed by atoms with Crippen LogP contribution in [0, 0.1) is 0 Å². The molecule has 178 valence electrons. The molecule has 0 fully saturated rings. The maximum absolute atomic E-state index is 12.1. The number of unbranched alkanes of at least 4 members (excludes halogenated alkanes) is 15. The summed E-state index contributed by atoms with van der Waals surface area (Å²) in [6.07, 6.45) is 26.6. The third kappa shape index (κ3) is 12.8. The van der Waals surface area contributed by atoms with Gasteiger partial charge in [0.25, 0.3) is 0 Å². The molecule has 0 amide bonds.